The summed E-state index contributed by atoms with van der Waals surface area (Å²) in [7, 11) is -1.90. The van der Waals surface area contributed by atoms with Gasteiger partial charge in [-0.2, -0.15) is 0 Å². The van der Waals surface area contributed by atoms with Gasteiger partial charge in [-0.3, -0.25) is 9.59 Å². The molecule has 2 aliphatic rings. The minimum atomic E-state index is -4.64. The van der Waals surface area contributed by atoms with Crippen LogP contribution in [0.1, 0.15) is 11.1 Å². The molecule has 0 bridgehead atoms. The van der Waals surface area contributed by atoms with Crippen LogP contribution in [0.25, 0.3) is 22.5 Å². The highest BCUT2D eigenvalue weighted by Gasteiger charge is 2.31. The van der Waals surface area contributed by atoms with Crippen LogP contribution in [-0.2, 0) is 32.3 Å². The first-order valence-electron chi connectivity index (χ1n) is 17.1. The van der Waals surface area contributed by atoms with Crippen molar-refractivity contribution in [3.63, 3.8) is 0 Å². The first-order chi connectivity index (χ1) is 27.9. The maximum atomic E-state index is 12.1. The Kier molecular flexibility index (Phi) is 12.5. The monoisotopic (exact) mass is 866 g/mol. The standard InChI is InChI=1S/C19H15ClN4O2.C13H10ClN3O3S.C7H6F3NO/c1-26-14-5-3-13(4-6-14)22-19-21-10-11-8-17(25)23-16-9-12(20)2-7-15(16)18(11)24-19;1-21(19,20)13-15-6-7-4-11(18)16-10-5-8(14)2-3-9(10)12(7)17-13;8-7(9,10)12-6-3-1-5(11)2-4-6/h2-7,9-10H,8H2,1H3,(H,23,25)(H,21,22,24);2-3,5-6H,4H2,1H3,(H,16,18);1-4H,11H2. The second kappa shape index (κ2) is 17.6. The Morgan fingerprint density at radius 3 is 1.76 bits per heavy atom. The van der Waals surface area contributed by atoms with Crippen LogP contribution in [0.4, 0.5) is 41.9 Å². The third-order valence-electron chi connectivity index (χ3n) is 8.22. The zero-order valence-electron chi connectivity index (χ0n) is 30.8. The van der Waals surface area contributed by atoms with Gasteiger partial charge in [0.2, 0.25) is 32.8 Å². The molecule has 0 radical (unpaired) electrons. The summed E-state index contributed by atoms with van der Waals surface area (Å²) in [4.78, 5) is 40.9. The fraction of sp³-hybridized carbons (Fsp3) is 0.128. The van der Waals surface area contributed by atoms with Crippen molar-refractivity contribution in [3.8, 4) is 34.0 Å². The normalized spacial score (nSPS) is 12.7. The summed E-state index contributed by atoms with van der Waals surface area (Å²) in [5, 5.41) is 9.52. The topological polar surface area (TPSA) is 200 Å². The van der Waals surface area contributed by atoms with Gasteiger partial charge in [0, 0.05) is 62.3 Å². The van der Waals surface area contributed by atoms with Gasteiger partial charge in [-0.15, -0.1) is 13.2 Å². The van der Waals surface area contributed by atoms with Crippen LogP contribution in [0.15, 0.2) is 102 Å². The van der Waals surface area contributed by atoms with E-state index in [2.05, 4.69) is 40.6 Å². The van der Waals surface area contributed by atoms with Crippen LogP contribution < -0.4 is 31.2 Å². The van der Waals surface area contributed by atoms with Crippen LogP contribution in [0.2, 0.25) is 10.0 Å². The molecule has 5 N–H and O–H groups in total. The third kappa shape index (κ3) is 11.1. The number of anilines is 5. The second-order valence-electron chi connectivity index (χ2n) is 12.7. The number of alkyl halides is 3. The van der Waals surface area contributed by atoms with Crippen molar-refractivity contribution in [3.05, 3.63) is 118 Å². The maximum Gasteiger partial charge on any atom is 0.573 e. The Morgan fingerprint density at radius 1 is 0.746 bits per heavy atom. The van der Waals surface area contributed by atoms with E-state index in [1.54, 1.807) is 43.6 Å². The van der Waals surface area contributed by atoms with E-state index in [-0.39, 0.29) is 35.6 Å². The number of nitrogen functional groups attached to an aromatic ring is 1. The van der Waals surface area contributed by atoms with Gasteiger partial charge >= 0.3 is 6.36 Å². The van der Waals surface area contributed by atoms with E-state index in [4.69, 9.17) is 33.7 Å². The van der Waals surface area contributed by atoms with E-state index in [1.807, 2.05) is 30.3 Å². The van der Waals surface area contributed by atoms with E-state index in [0.29, 0.717) is 55.6 Å². The highest BCUT2D eigenvalue weighted by atomic mass is 35.5. The number of methoxy groups -OCH3 is 1. The van der Waals surface area contributed by atoms with Crippen molar-refractivity contribution < 1.29 is 40.7 Å². The molecule has 20 heteroatoms. The van der Waals surface area contributed by atoms with Gasteiger partial charge in [-0.1, -0.05) is 23.2 Å². The van der Waals surface area contributed by atoms with Crippen LogP contribution in [-0.4, -0.2) is 59.9 Å². The number of rotatable bonds is 5. The number of ether oxygens (including phenoxy) is 2. The largest absolute Gasteiger partial charge is 0.573 e. The minimum absolute atomic E-state index is 0.0751. The number of amides is 2. The summed E-state index contributed by atoms with van der Waals surface area (Å²) < 4.78 is 66.7. The van der Waals surface area contributed by atoms with Crippen molar-refractivity contribution in [2.45, 2.75) is 24.4 Å². The Balaban J connectivity index is 0.000000159. The Labute approximate surface area is 344 Å². The van der Waals surface area contributed by atoms with Crippen LogP contribution >= 0.6 is 23.2 Å². The number of nitrogens with two attached hydrogens (primary N) is 1. The first-order valence-corrected chi connectivity index (χ1v) is 19.7. The first kappa shape index (κ1) is 42.1. The number of benzene rings is 4. The van der Waals surface area contributed by atoms with Gasteiger partial charge in [0.25, 0.3) is 0 Å². The summed E-state index contributed by atoms with van der Waals surface area (Å²) in [5.74, 6) is 0.606. The van der Waals surface area contributed by atoms with E-state index in [1.165, 1.54) is 18.3 Å². The lowest BCUT2D eigenvalue weighted by molar-refractivity contribution is -0.274. The lowest BCUT2D eigenvalue weighted by atomic mass is 10.1. The third-order valence-corrected chi connectivity index (χ3v) is 9.55. The fourth-order valence-corrected chi connectivity index (χ4v) is 6.47. The number of fused-ring (bicyclic) bond motifs is 6. The number of halogens is 5. The molecule has 4 aromatic carbocycles. The summed E-state index contributed by atoms with van der Waals surface area (Å²) in [5.41, 5.74) is 11.5. The molecule has 14 nitrogen and oxygen atoms in total. The quantitative estimate of drug-likeness (QED) is 0.0966. The maximum absolute atomic E-state index is 12.1. The molecule has 304 valence electrons. The molecule has 0 unspecified atom stereocenters. The zero-order valence-corrected chi connectivity index (χ0v) is 33.1. The molecule has 2 aliphatic heterocycles. The van der Waals surface area contributed by atoms with E-state index < -0.39 is 16.2 Å². The molecular weight excluding hydrogens is 836 g/mol. The minimum Gasteiger partial charge on any atom is -0.497 e. The number of aromatic nitrogens is 4. The van der Waals surface area contributed by atoms with E-state index in [0.717, 1.165) is 41.0 Å². The lowest BCUT2D eigenvalue weighted by Crippen LogP contribution is -2.16. The van der Waals surface area contributed by atoms with Gasteiger partial charge in [0.15, 0.2) is 0 Å². The molecule has 2 amide bonds. The molecular formula is C39H31Cl2F3N8O6S. The van der Waals surface area contributed by atoms with E-state index in [9.17, 15) is 31.2 Å². The number of hydrogen-bond acceptors (Lipinski definition) is 12. The summed E-state index contributed by atoms with van der Waals surface area (Å²) in [6, 6.07) is 22.8. The smallest absolute Gasteiger partial charge is 0.497 e. The SMILES string of the molecule is COc1ccc(Nc2ncc3c(n2)-c2ccc(Cl)cc2NC(=O)C3)cc1.CS(=O)(=O)c1ncc2c(n1)-c1ccc(Cl)cc1NC(=O)C2.Nc1ccc(OC(F)(F)F)cc1. The fourth-order valence-electron chi connectivity index (χ4n) is 5.62. The average Bonchev–Trinajstić information content (AvgIpc) is 3.40. The molecule has 0 saturated heterocycles. The van der Waals surface area contributed by atoms with Gasteiger partial charge in [-0.25, -0.2) is 28.4 Å². The number of carbonyl (C=O) groups is 2. The summed E-state index contributed by atoms with van der Waals surface area (Å²) in [6.07, 6.45) is -0.261. The Bertz CT molecular complexity index is 2650. The molecule has 4 heterocycles. The predicted octanol–water partition coefficient (Wildman–Crippen LogP) is 7.91. The van der Waals surface area contributed by atoms with Gasteiger partial charge in [0.05, 0.1) is 42.7 Å². The Morgan fingerprint density at radius 2 is 1.25 bits per heavy atom. The molecule has 6 aromatic rings. The molecule has 8 rings (SSSR count). The summed E-state index contributed by atoms with van der Waals surface area (Å²) in [6.45, 7) is 0. The zero-order chi connectivity index (χ0) is 42.5. The number of hydrogen-bond donors (Lipinski definition) is 4. The second-order valence-corrected chi connectivity index (χ2v) is 15.4. The van der Waals surface area contributed by atoms with Crippen molar-refractivity contribution in [1.29, 1.82) is 0 Å². The molecule has 0 aliphatic carbocycles. The molecule has 0 atom stereocenters. The molecule has 0 saturated carbocycles. The van der Waals surface area contributed by atoms with Crippen molar-refractivity contribution in [1.82, 2.24) is 19.9 Å². The average molecular weight is 868 g/mol. The number of sulfone groups is 1. The highest BCUT2D eigenvalue weighted by Crippen LogP contribution is 2.36. The molecule has 0 fully saturated rings. The predicted molar refractivity (Wildman–Crippen MR) is 217 cm³/mol. The van der Waals surface area contributed by atoms with Crippen molar-refractivity contribution in [2.24, 2.45) is 0 Å². The van der Waals surface area contributed by atoms with Gasteiger partial charge < -0.3 is 31.2 Å². The molecule has 59 heavy (non-hydrogen) atoms. The Hall–Kier alpha value is -6.50. The van der Waals surface area contributed by atoms with E-state index >= 15 is 0 Å². The number of carbonyl (C=O) groups excluding carboxylic acids is 2. The summed E-state index contributed by atoms with van der Waals surface area (Å²) >= 11 is 12.0. The van der Waals surface area contributed by atoms with Crippen LogP contribution in [0, 0.1) is 0 Å². The van der Waals surface area contributed by atoms with Crippen LogP contribution in [0.5, 0.6) is 11.5 Å². The van der Waals surface area contributed by atoms with Crippen molar-refractivity contribution >= 4 is 73.6 Å². The van der Waals surface area contributed by atoms with Crippen LogP contribution in [0.3, 0.4) is 0 Å². The number of nitrogens with zero attached hydrogens (tertiary/aromatic N) is 4. The number of nitrogens with one attached hydrogen (secondary N) is 3. The van der Waals surface area contributed by atoms with Gasteiger partial charge in [-0.05, 0) is 84.9 Å². The van der Waals surface area contributed by atoms with Gasteiger partial charge in [0.1, 0.15) is 11.5 Å². The molecule has 0 spiro atoms. The highest BCUT2D eigenvalue weighted by molar-refractivity contribution is 7.90. The lowest BCUT2D eigenvalue weighted by Gasteiger charge is -2.11. The molecule has 2 aromatic heterocycles. The van der Waals surface area contributed by atoms with Crippen molar-refractivity contribution in [2.75, 3.05) is 35.0 Å².